The van der Waals surface area contributed by atoms with Gasteiger partial charge in [0, 0.05) is 13.1 Å². The van der Waals surface area contributed by atoms with E-state index in [1.54, 1.807) is 4.90 Å². The van der Waals surface area contributed by atoms with Gasteiger partial charge in [-0.3, -0.25) is 10.1 Å². The largest absolute Gasteiger partial charge is 0.459 e. The van der Waals surface area contributed by atoms with Crippen LogP contribution < -0.4 is 10.6 Å². The number of aliphatic imine (C=N–C) groups is 1. The lowest BCUT2D eigenvalue weighted by Crippen LogP contribution is -2.63. The van der Waals surface area contributed by atoms with Gasteiger partial charge in [-0.2, -0.15) is 0 Å². The van der Waals surface area contributed by atoms with Gasteiger partial charge in [-0.1, -0.05) is 91.0 Å². The van der Waals surface area contributed by atoms with Crippen molar-refractivity contribution in [3.8, 4) is 0 Å². The highest BCUT2D eigenvalue weighted by molar-refractivity contribution is 5.99. The number of hydrogen-bond acceptors (Lipinski definition) is 7. The molecule has 2 aliphatic rings. The quantitative estimate of drug-likeness (QED) is 0.118. The van der Waals surface area contributed by atoms with E-state index in [0.717, 1.165) is 29.5 Å². The van der Waals surface area contributed by atoms with Crippen LogP contribution in [0.15, 0.2) is 96.0 Å². The molecule has 2 saturated heterocycles. The van der Waals surface area contributed by atoms with Gasteiger partial charge in [0.05, 0.1) is 5.92 Å². The summed E-state index contributed by atoms with van der Waals surface area (Å²) in [5.41, 5.74) is 2.47. The predicted octanol–water partition coefficient (Wildman–Crippen LogP) is 4.57. The molecule has 0 bridgehead atoms. The standard InChI is InChI=1S/C34H36N4O7/c39-30-28(29(35-30)31(40)43-21-24-11-4-1-5-12-24)19-27-17-10-18-38(20-27)32(36-33(41)44-22-25-13-6-2-7-14-25)37-34(42)45-23-26-15-8-3-9-16-26/h1-9,11-16,27-29H,10,17-23H2,(H,35,39)(H,36,37,41,42)/t27?,28-,29?/m1/s1. The summed E-state index contributed by atoms with van der Waals surface area (Å²) in [5.74, 6) is -1.20. The van der Waals surface area contributed by atoms with E-state index in [1.165, 1.54) is 0 Å². The lowest BCUT2D eigenvalue weighted by Gasteiger charge is -2.40. The molecule has 5 rings (SSSR count). The Morgan fingerprint density at radius 2 is 1.36 bits per heavy atom. The second-order valence-corrected chi connectivity index (χ2v) is 11.0. The van der Waals surface area contributed by atoms with E-state index >= 15 is 0 Å². The van der Waals surface area contributed by atoms with Crippen molar-refractivity contribution >= 4 is 30.0 Å². The summed E-state index contributed by atoms with van der Waals surface area (Å²) in [6.45, 7) is 1.11. The molecule has 3 amide bonds. The maximum absolute atomic E-state index is 12.8. The van der Waals surface area contributed by atoms with Crippen molar-refractivity contribution in [3.05, 3.63) is 108 Å². The first kappa shape index (κ1) is 31.2. The minimum absolute atomic E-state index is 0.00713. The van der Waals surface area contributed by atoms with Crippen molar-refractivity contribution in [2.24, 2.45) is 16.8 Å². The Bertz CT molecular complexity index is 1480. The number of alkyl carbamates (subject to hydrolysis) is 1. The molecule has 0 aromatic heterocycles. The molecular formula is C34H36N4O7. The van der Waals surface area contributed by atoms with Gasteiger partial charge in [0.2, 0.25) is 11.9 Å². The van der Waals surface area contributed by atoms with Crippen molar-refractivity contribution in [3.63, 3.8) is 0 Å². The molecule has 234 valence electrons. The maximum atomic E-state index is 12.8. The van der Waals surface area contributed by atoms with Crippen molar-refractivity contribution in [1.29, 1.82) is 0 Å². The molecule has 3 aromatic rings. The van der Waals surface area contributed by atoms with Gasteiger partial charge in [0.25, 0.3) is 0 Å². The van der Waals surface area contributed by atoms with Crippen LogP contribution in [0.2, 0.25) is 0 Å². The number of nitrogens with one attached hydrogen (secondary N) is 2. The first-order chi connectivity index (χ1) is 21.9. The van der Waals surface area contributed by atoms with Crippen LogP contribution in [0.4, 0.5) is 9.59 Å². The SMILES string of the molecule is O=C(/N=C(\NC(=O)OCc1ccccc1)N1CCCC(C[C@H]2C(=O)NC2C(=O)OCc2ccccc2)C1)OCc1ccccc1. The summed E-state index contributed by atoms with van der Waals surface area (Å²) >= 11 is 0. The van der Waals surface area contributed by atoms with Crippen LogP contribution in [0, 0.1) is 11.8 Å². The van der Waals surface area contributed by atoms with Crippen LogP contribution >= 0.6 is 0 Å². The summed E-state index contributed by atoms with van der Waals surface area (Å²) in [6, 6.07) is 27.0. The van der Waals surface area contributed by atoms with Gasteiger partial charge in [0.1, 0.15) is 25.9 Å². The highest BCUT2D eigenvalue weighted by Crippen LogP contribution is 2.30. The average Bonchev–Trinajstić information content (AvgIpc) is 3.08. The van der Waals surface area contributed by atoms with Gasteiger partial charge < -0.3 is 24.4 Å². The van der Waals surface area contributed by atoms with Gasteiger partial charge in [-0.05, 0) is 41.9 Å². The smallest absolute Gasteiger partial charge is 0.437 e. The van der Waals surface area contributed by atoms with Gasteiger partial charge >= 0.3 is 18.2 Å². The maximum Gasteiger partial charge on any atom is 0.437 e. The third kappa shape index (κ3) is 9.15. The average molecular weight is 613 g/mol. The summed E-state index contributed by atoms with van der Waals surface area (Å²) in [6.07, 6.45) is 0.337. The Labute approximate surface area is 261 Å². The molecule has 3 atom stereocenters. The second-order valence-electron chi connectivity index (χ2n) is 11.0. The molecular weight excluding hydrogens is 576 g/mol. The number of guanidine groups is 1. The Balaban J connectivity index is 1.21. The summed E-state index contributed by atoms with van der Waals surface area (Å²) < 4.78 is 16.2. The van der Waals surface area contributed by atoms with E-state index in [2.05, 4.69) is 15.6 Å². The van der Waals surface area contributed by atoms with Crippen molar-refractivity contribution in [1.82, 2.24) is 15.5 Å². The molecule has 2 fully saturated rings. The topological polar surface area (TPSA) is 136 Å². The molecule has 3 aromatic carbocycles. The normalized spacial score (nSPS) is 19.5. The van der Waals surface area contributed by atoms with E-state index in [9.17, 15) is 19.2 Å². The molecule has 11 nitrogen and oxygen atoms in total. The van der Waals surface area contributed by atoms with E-state index in [0.29, 0.717) is 19.5 Å². The summed E-state index contributed by atoms with van der Waals surface area (Å²) in [4.78, 5) is 56.6. The Hall–Kier alpha value is -5.19. The fourth-order valence-electron chi connectivity index (χ4n) is 5.38. The molecule has 2 N–H and O–H groups in total. The zero-order valence-electron chi connectivity index (χ0n) is 24.8. The number of likely N-dealkylation sites (tertiary alicyclic amines) is 1. The number of carbonyl (C=O) groups is 4. The van der Waals surface area contributed by atoms with E-state index in [1.807, 2.05) is 91.0 Å². The molecule has 0 spiro atoms. The lowest BCUT2D eigenvalue weighted by molar-refractivity contribution is -0.159. The molecule has 2 aliphatic heterocycles. The summed E-state index contributed by atoms with van der Waals surface area (Å²) in [5, 5.41) is 5.29. The third-order valence-corrected chi connectivity index (χ3v) is 7.75. The molecule has 2 heterocycles. The van der Waals surface area contributed by atoms with Crippen molar-refractivity contribution in [2.75, 3.05) is 13.1 Å². The van der Waals surface area contributed by atoms with Gasteiger partial charge in [-0.15, -0.1) is 4.99 Å². The number of piperidine rings is 1. The van der Waals surface area contributed by atoms with E-state index in [4.69, 9.17) is 14.2 Å². The van der Waals surface area contributed by atoms with Crippen LogP contribution in [0.1, 0.15) is 36.0 Å². The van der Waals surface area contributed by atoms with Gasteiger partial charge in [-0.25, -0.2) is 14.4 Å². The molecule has 45 heavy (non-hydrogen) atoms. The number of nitrogens with zero attached hydrogens (tertiary/aromatic N) is 2. The van der Waals surface area contributed by atoms with Crippen molar-refractivity contribution < 1.29 is 33.4 Å². The van der Waals surface area contributed by atoms with Gasteiger partial charge in [0.15, 0.2) is 0 Å². The molecule has 0 saturated carbocycles. The highest BCUT2D eigenvalue weighted by Gasteiger charge is 2.46. The number of ether oxygens (including phenoxy) is 3. The van der Waals surface area contributed by atoms with Crippen LogP contribution in [0.5, 0.6) is 0 Å². The second kappa shape index (κ2) is 15.5. The predicted molar refractivity (Wildman–Crippen MR) is 164 cm³/mol. The third-order valence-electron chi connectivity index (χ3n) is 7.75. The number of esters is 1. The Morgan fingerprint density at radius 3 is 1.93 bits per heavy atom. The molecule has 11 heteroatoms. The number of rotatable bonds is 9. The molecule has 0 aliphatic carbocycles. The van der Waals surface area contributed by atoms with Crippen LogP contribution in [0.25, 0.3) is 0 Å². The van der Waals surface area contributed by atoms with E-state index in [-0.39, 0.29) is 37.6 Å². The number of carbonyl (C=O) groups excluding carboxylic acids is 4. The zero-order valence-corrected chi connectivity index (χ0v) is 24.8. The van der Waals surface area contributed by atoms with Crippen LogP contribution in [0.3, 0.4) is 0 Å². The monoisotopic (exact) mass is 612 g/mol. The number of amides is 3. The lowest BCUT2D eigenvalue weighted by atomic mass is 9.80. The number of β-lactam (4-membered cyclic amide) rings is 1. The minimum Gasteiger partial charge on any atom is -0.459 e. The fourth-order valence-corrected chi connectivity index (χ4v) is 5.38. The van der Waals surface area contributed by atoms with Crippen LogP contribution in [-0.2, 0) is 43.6 Å². The number of hydrogen-bond donors (Lipinski definition) is 2. The zero-order chi connectivity index (χ0) is 31.4. The number of benzene rings is 3. The highest BCUT2D eigenvalue weighted by atomic mass is 16.6. The van der Waals surface area contributed by atoms with Crippen molar-refractivity contribution in [2.45, 2.75) is 45.1 Å². The Morgan fingerprint density at radius 1 is 0.800 bits per heavy atom. The first-order valence-corrected chi connectivity index (χ1v) is 15.0. The summed E-state index contributed by atoms with van der Waals surface area (Å²) in [7, 11) is 0. The van der Waals surface area contributed by atoms with E-state index < -0.39 is 30.1 Å². The fraction of sp³-hybridized carbons (Fsp3) is 0.324. The van der Waals surface area contributed by atoms with Crippen LogP contribution in [-0.4, -0.2) is 54.1 Å². The minimum atomic E-state index is -0.862. The molecule has 2 unspecified atom stereocenters. The first-order valence-electron chi connectivity index (χ1n) is 15.0. The molecule has 0 radical (unpaired) electrons. The Kier molecular flexibility index (Phi) is 10.8.